The number of nitrogens with zero attached hydrogens (tertiary/aromatic N) is 2. The molecule has 0 aliphatic heterocycles. The first-order valence-corrected chi connectivity index (χ1v) is 6.01. The van der Waals surface area contributed by atoms with Gasteiger partial charge in [-0.15, -0.1) is 0 Å². The standard InChI is InChI=1S/C14H12N2O5/c1-9(17)19-11-5-3-6-12(20-10(2)18)13(11)21-14-15-7-4-8-16-14/h3-8H,1-2H3. The second-order valence-corrected chi connectivity index (χ2v) is 3.90. The van der Waals surface area contributed by atoms with Crippen molar-refractivity contribution in [2.45, 2.75) is 13.8 Å². The predicted octanol–water partition coefficient (Wildman–Crippen LogP) is 2.12. The van der Waals surface area contributed by atoms with Gasteiger partial charge in [0.05, 0.1) is 0 Å². The van der Waals surface area contributed by atoms with Crippen LogP contribution in [0.15, 0.2) is 36.7 Å². The van der Waals surface area contributed by atoms with E-state index < -0.39 is 11.9 Å². The highest BCUT2D eigenvalue weighted by Gasteiger charge is 2.17. The molecule has 2 aromatic rings. The van der Waals surface area contributed by atoms with E-state index in [1.165, 1.54) is 38.4 Å². The van der Waals surface area contributed by atoms with E-state index >= 15 is 0 Å². The second-order valence-electron chi connectivity index (χ2n) is 3.90. The third kappa shape index (κ3) is 4.00. The summed E-state index contributed by atoms with van der Waals surface area (Å²) in [5.41, 5.74) is 0. The molecular formula is C14H12N2O5. The summed E-state index contributed by atoms with van der Waals surface area (Å²) in [6.07, 6.45) is 2.98. The average Bonchev–Trinajstić information content (AvgIpc) is 2.42. The van der Waals surface area contributed by atoms with Crippen LogP contribution in [0, 0.1) is 0 Å². The fourth-order valence-corrected chi connectivity index (χ4v) is 1.50. The van der Waals surface area contributed by atoms with Crippen molar-refractivity contribution in [3.05, 3.63) is 36.7 Å². The molecule has 0 atom stereocenters. The molecule has 7 nitrogen and oxygen atoms in total. The van der Waals surface area contributed by atoms with Crippen molar-refractivity contribution in [3.63, 3.8) is 0 Å². The maximum Gasteiger partial charge on any atom is 0.322 e. The lowest BCUT2D eigenvalue weighted by molar-refractivity contribution is -0.132. The Balaban J connectivity index is 2.41. The van der Waals surface area contributed by atoms with Gasteiger partial charge >= 0.3 is 17.9 Å². The lowest BCUT2D eigenvalue weighted by atomic mass is 10.3. The lowest BCUT2D eigenvalue weighted by Gasteiger charge is -2.12. The molecule has 1 heterocycles. The Labute approximate surface area is 120 Å². The quantitative estimate of drug-likeness (QED) is 0.629. The van der Waals surface area contributed by atoms with Crippen molar-refractivity contribution in [1.82, 2.24) is 9.97 Å². The van der Waals surface area contributed by atoms with Crippen LogP contribution in [0.4, 0.5) is 0 Å². The van der Waals surface area contributed by atoms with Gasteiger partial charge < -0.3 is 14.2 Å². The van der Waals surface area contributed by atoms with Gasteiger partial charge in [0.15, 0.2) is 11.5 Å². The highest BCUT2D eigenvalue weighted by Crippen LogP contribution is 2.39. The van der Waals surface area contributed by atoms with Crippen LogP contribution in [0.3, 0.4) is 0 Å². The smallest absolute Gasteiger partial charge is 0.322 e. The van der Waals surface area contributed by atoms with Crippen LogP contribution in [0.5, 0.6) is 23.3 Å². The molecule has 0 unspecified atom stereocenters. The molecule has 1 aromatic heterocycles. The zero-order chi connectivity index (χ0) is 15.2. The molecule has 0 fully saturated rings. The van der Waals surface area contributed by atoms with Gasteiger partial charge in [0.25, 0.3) is 0 Å². The number of rotatable bonds is 4. The van der Waals surface area contributed by atoms with Crippen molar-refractivity contribution in [1.29, 1.82) is 0 Å². The van der Waals surface area contributed by atoms with Gasteiger partial charge in [-0.2, -0.15) is 0 Å². The van der Waals surface area contributed by atoms with Gasteiger partial charge in [0.1, 0.15) is 0 Å². The van der Waals surface area contributed by atoms with Crippen LogP contribution in [-0.2, 0) is 9.59 Å². The number of hydrogen-bond donors (Lipinski definition) is 0. The average molecular weight is 288 g/mol. The maximum atomic E-state index is 11.1. The van der Waals surface area contributed by atoms with E-state index in [0.29, 0.717) is 0 Å². The first kappa shape index (κ1) is 14.4. The first-order chi connectivity index (χ1) is 10.1. The minimum atomic E-state index is -0.534. The fourth-order valence-electron chi connectivity index (χ4n) is 1.50. The summed E-state index contributed by atoms with van der Waals surface area (Å²) >= 11 is 0. The summed E-state index contributed by atoms with van der Waals surface area (Å²) in [5, 5.41) is 0. The van der Waals surface area contributed by atoms with Crippen LogP contribution in [0.25, 0.3) is 0 Å². The molecule has 108 valence electrons. The third-order valence-corrected chi connectivity index (χ3v) is 2.19. The number of aromatic nitrogens is 2. The van der Waals surface area contributed by atoms with Gasteiger partial charge in [-0.05, 0) is 18.2 Å². The summed E-state index contributed by atoms with van der Waals surface area (Å²) in [5.74, 6) is -0.806. The normalized spacial score (nSPS) is 9.81. The minimum absolute atomic E-state index is 0.0329. The Kier molecular flexibility index (Phi) is 4.45. The van der Waals surface area contributed by atoms with E-state index in [4.69, 9.17) is 14.2 Å². The molecule has 2 rings (SSSR count). The Morgan fingerprint density at radius 2 is 1.43 bits per heavy atom. The number of carbonyl (C=O) groups excluding carboxylic acids is 2. The number of benzene rings is 1. The summed E-state index contributed by atoms with van der Waals surface area (Å²) in [4.78, 5) is 30.1. The second kappa shape index (κ2) is 6.47. The van der Waals surface area contributed by atoms with Crippen molar-refractivity contribution >= 4 is 11.9 Å². The highest BCUT2D eigenvalue weighted by molar-refractivity contribution is 5.74. The van der Waals surface area contributed by atoms with E-state index in [1.54, 1.807) is 12.1 Å². The van der Waals surface area contributed by atoms with Gasteiger partial charge in [-0.3, -0.25) is 9.59 Å². The third-order valence-electron chi connectivity index (χ3n) is 2.19. The number of hydrogen-bond acceptors (Lipinski definition) is 7. The van der Waals surface area contributed by atoms with Crippen molar-refractivity contribution in [2.24, 2.45) is 0 Å². The van der Waals surface area contributed by atoms with E-state index in [-0.39, 0.29) is 23.3 Å². The van der Waals surface area contributed by atoms with Gasteiger partial charge in [-0.1, -0.05) is 6.07 Å². The monoisotopic (exact) mass is 288 g/mol. The molecule has 0 bridgehead atoms. The van der Waals surface area contributed by atoms with Crippen LogP contribution >= 0.6 is 0 Å². The largest absolute Gasteiger partial charge is 0.423 e. The van der Waals surface area contributed by atoms with Crippen LogP contribution in [-0.4, -0.2) is 21.9 Å². The molecule has 0 spiro atoms. The molecule has 21 heavy (non-hydrogen) atoms. The van der Waals surface area contributed by atoms with E-state index in [9.17, 15) is 9.59 Å². The van der Waals surface area contributed by atoms with E-state index in [0.717, 1.165) is 0 Å². The zero-order valence-corrected chi connectivity index (χ0v) is 11.4. The predicted molar refractivity (Wildman–Crippen MR) is 71.2 cm³/mol. The number of esters is 2. The van der Waals surface area contributed by atoms with Gasteiger partial charge in [-0.25, -0.2) is 9.97 Å². The van der Waals surface area contributed by atoms with Crippen molar-refractivity contribution in [2.75, 3.05) is 0 Å². The van der Waals surface area contributed by atoms with Crippen molar-refractivity contribution in [3.8, 4) is 23.3 Å². The maximum absolute atomic E-state index is 11.1. The Bertz CT molecular complexity index is 623. The Hall–Kier alpha value is -2.96. The minimum Gasteiger partial charge on any atom is -0.423 e. The van der Waals surface area contributed by atoms with Crippen LogP contribution < -0.4 is 14.2 Å². The zero-order valence-electron chi connectivity index (χ0n) is 11.4. The van der Waals surface area contributed by atoms with E-state index in [2.05, 4.69) is 9.97 Å². The molecule has 0 N–H and O–H groups in total. The van der Waals surface area contributed by atoms with Crippen molar-refractivity contribution < 1.29 is 23.8 Å². The number of para-hydroxylation sites is 1. The molecular weight excluding hydrogens is 276 g/mol. The highest BCUT2D eigenvalue weighted by atomic mass is 16.6. The van der Waals surface area contributed by atoms with Gasteiger partial charge in [0.2, 0.25) is 5.75 Å². The molecule has 1 aromatic carbocycles. The molecule has 0 aliphatic rings. The number of carbonyl (C=O) groups is 2. The Morgan fingerprint density at radius 1 is 0.905 bits per heavy atom. The van der Waals surface area contributed by atoms with Crippen LogP contribution in [0.1, 0.15) is 13.8 Å². The van der Waals surface area contributed by atoms with Gasteiger partial charge in [0, 0.05) is 26.2 Å². The molecule has 0 saturated heterocycles. The first-order valence-electron chi connectivity index (χ1n) is 6.01. The Morgan fingerprint density at radius 3 is 1.90 bits per heavy atom. The summed E-state index contributed by atoms with van der Waals surface area (Å²) < 4.78 is 15.5. The summed E-state index contributed by atoms with van der Waals surface area (Å²) in [7, 11) is 0. The molecule has 0 amide bonds. The molecule has 0 radical (unpaired) electrons. The molecule has 0 saturated carbocycles. The topological polar surface area (TPSA) is 87.6 Å². The lowest BCUT2D eigenvalue weighted by Crippen LogP contribution is -2.07. The van der Waals surface area contributed by atoms with E-state index in [1.807, 2.05) is 0 Å². The number of ether oxygens (including phenoxy) is 3. The summed E-state index contributed by atoms with van der Waals surface area (Å²) in [6.45, 7) is 2.50. The summed E-state index contributed by atoms with van der Waals surface area (Å²) in [6, 6.07) is 6.23. The molecule has 7 heteroatoms. The molecule has 0 aliphatic carbocycles. The fraction of sp³-hybridized carbons (Fsp3) is 0.143. The van der Waals surface area contributed by atoms with Crippen LogP contribution in [0.2, 0.25) is 0 Å². The SMILES string of the molecule is CC(=O)Oc1cccc(OC(C)=O)c1Oc1ncccn1.